The molecule has 2 aliphatic rings. The minimum Gasteiger partial charge on any atom is -0.454 e. The van der Waals surface area contributed by atoms with Crippen molar-refractivity contribution >= 4 is 9.84 Å². The lowest BCUT2D eigenvalue weighted by Crippen LogP contribution is -2.23. The number of rotatable bonds is 5. The fourth-order valence-electron chi connectivity index (χ4n) is 3.24. The van der Waals surface area contributed by atoms with Crippen LogP contribution in [-0.2, 0) is 9.84 Å². The molecule has 1 fully saturated rings. The highest BCUT2D eigenvalue weighted by atomic mass is 32.2. The summed E-state index contributed by atoms with van der Waals surface area (Å²) in [6.07, 6.45) is 0. The molecule has 0 bridgehead atoms. The van der Waals surface area contributed by atoms with Crippen molar-refractivity contribution in [3.8, 4) is 11.5 Å². The van der Waals surface area contributed by atoms with E-state index in [0.717, 1.165) is 5.56 Å². The first-order chi connectivity index (χ1) is 10.00. The Morgan fingerprint density at radius 2 is 1.90 bits per heavy atom. The molecule has 0 unspecified atom stereocenters. The van der Waals surface area contributed by atoms with Crippen LogP contribution in [0, 0.1) is 5.41 Å². The average molecular weight is 314 g/mol. The van der Waals surface area contributed by atoms with E-state index in [-0.39, 0.29) is 25.8 Å². The zero-order chi connectivity index (χ0) is 15.3. The first-order valence-corrected chi connectivity index (χ1v) is 8.54. The zero-order valence-corrected chi connectivity index (χ0v) is 12.5. The third kappa shape index (κ3) is 2.03. The number of benzene rings is 1. The standard InChI is InChI=1S/C14H18O6S/c1-2-21(17,18)13-12(14(13,6-15)7-16)9-3-4-10-11(5-9)20-8-19-10/h3-5,12-13,15-16H,2,6-8H2,1H3/t12-,13+/m1/s1. The number of sulfone groups is 1. The SMILES string of the molecule is CCS(=O)(=O)[C@H]1[C@@H](c2ccc3c(c2)OCO3)C1(CO)CO. The summed E-state index contributed by atoms with van der Waals surface area (Å²) in [7, 11) is -3.36. The Hall–Kier alpha value is -1.31. The van der Waals surface area contributed by atoms with Gasteiger partial charge in [-0.05, 0) is 17.7 Å². The topological polar surface area (TPSA) is 93.1 Å². The van der Waals surface area contributed by atoms with Gasteiger partial charge in [0, 0.05) is 17.1 Å². The number of fused-ring (bicyclic) bond motifs is 1. The quantitative estimate of drug-likeness (QED) is 0.811. The molecule has 1 aliphatic heterocycles. The summed E-state index contributed by atoms with van der Waals surface area (Å²) < 4.78 is 35.0. The predicted octanol–water partition coefficient (Wildman–Crippen LogP) is 0.287. The molecule has 0 saturated heterocycles. The summed E-state index contributed by atoms with van der Waals surface area (Å²) in [6, 6.07) is 5.23. The lowest BCUT2D eigenvalue weighted by atomic mass is 10.0. The highest BCUT2D eigenvalue weighted by Gasteiger charge is 2.69. The number of hydrogen-bond donors (Lipinski definition) is 2. The van der Waals surface area contributed by atoms with Crippen molar-refractivity contribution in [1.29, 1.82) is 0 Å². The van der Waals surface area contributed by atoms with E-state index in [1.165, 1.54) is 0 Å². The molecular formula is C14H18O6S. The number of ether oxygens (including phenoxy) is 2. The van der Waals surface area contributed by atoms with Gasteiger partial charge < -0.3 is 19.7 Å². The first kappa shape index (κ1) is 14.6. The Kier molecular flexibility index (Phi) is 3.38. The van der Waals surface area contributed by atoms with Crippen molar-refractivity contribution in [2.75, 3.05) is 25.8 Å². The van der Waals surface area contributed by atoms with Gasteiger partial charge in [0.1, 0.15) is 0 Å². The van der Waals surface area contributed by atoms with Gasteiger partial charge in [-0.25, -0.2) is 8.42 Å². The second kappa shape index (κ2) is 4.86. The molecular weight excluding hydrogens is 296 g/mol. The van der Waals surface area contributed by atoms with Crippen molar-refractivity contribution < 1.29 is 28.1 Å². The van der Waals surface area contributed by atoms with E-state index >= 15 is 0 Å². The molecule has 7 heteroatoms. The van der Waals surface area contributed by atoms with Crippen molar-refractivity contribution in [3.63, 3.8) is 0 Å². The van der Waals surface area contributed by atoms with Crippen molar-refractivity contribution in [3.05, 3.63) is 23.8 Å². The van der Waals surface area contributed by atoms with Gasteiger partial charge in [0.15, 0.2) is 21.3 Å². The van der Waals surface area contributed by atoms with Crippen LogP contribution in [0.25, 0.3) is 0 Å². The van der Waals surface area contributed by atoms with Crippen LogP contribution in [0.3, 0.4) is 0 Å². The molecule has 1 aromatic carbocycles. The molecule has 3 rings (SSSR count). The van der Waals surface area contributed by atoms with Crippen LogP contribution in [0.2, 0.25) is 0 Å². The summed E-state index contributed by atoms with van der Waals surface area (Å²) in [5.74, 6) is 0.747. The summed E-state index contributed by atoms with van der Waals surface area (Å²) >= 11 is 0. The van der Waals surface area contributed by atoms with Gasteiger partial charge >= 0.3 is 0 Å². The van der Waals surface area contributed by atoms with Crippen LogP contribution in [0.1, 0.15) is 18.4 Å². The Labute approximate surface area is 123 Å². The van der Waals surface area contributed by atoms with E-state index in [0.29, 0.717) is 11.5 Å². The fourth-order valence-corrected chi connectivity index (χ4v) is 5.37. The maximum atomic E-state index is 12.2. The fraction of sp³-hybridized carbons (Fsp3) is 0.571. The smallest absolute Gasteiger partial charge is 0.231 e. The lowest BCUT2D eigenvalue weighted by Gasteiger charge is -2.11. The Balaban J connectivity index is 2.01. The molecule has 2 N–H and O–H groups in total. The molecule has 1 heterocycles. The van der Waals surface area contributed by atoms with Crippen LogP contribution < -0.4 is 9.47 Å². The van der Waals surface area contributed by atoms with Crippen molar-refractivity contribution in [2.24, 2.45) is 5.41 Å². The zero-order valence-electron chi connectivity index (χ0n) is 11.7. The lowest BCUT2D eigenvalue weighted by molar-refractivity contribution is 0.130. The molecule has 1 aromatic rings. The first-order valence-electron chi connectivity index (χ1n) is 6.83. The Bertz CT molecular complexity index is 649. The van der Waals surface area contributed by atoms with Crippen molar-refractivity contribution in [2.45, 2.75) is 18.1 Å². The largest absolute Gasteiger partial charge is 0.454 e. The highest BCUT2D eigenvalue weighted by Crippen LogP contribution is 2.63. The molecule has 0 aromatic heterocycles. The minimum atomic E-state index is -3.36. The van der Waals surface area contributed by atoms with Crippen LogP contribution in [0.4, 0.5) is 0 Å². The second-order valence-corrected chi connectivity index (χ2v) is 7.92. The maximum Gasteiger partial charge on any atom is 0.231 e. The van der Waals surface area contributed by atoms with Crippen molar-refractivity contribution in [1.82, 2.24) is 0 Å². The Morgan fingerprint density at radius 1 is 1.24 bits per heavy atom. The molecule has 0 amide bonds. The van der Waals surface area contributed by atoms with E-state index in [9.17, 15) is 18.6 Å². The molecule has 0 spiro atoms. The second-order valence-electron chi connectivity index (χ2n) is 5.51. The van der Waals surface area contributed by atoms with Gasteiger partial charge in [0.25, 0.3) is 0 Å². The van der Waals surface area contributed by atoms with Crippen LogP contribution in [0.5, 0.6) is 11.5 Å². The van der Waals surface area contributed by atoms with E-state index in [1.54, 1.807) is 25.1 Å². The molecule has 6 nitrogen and oxygen atoms in total. The van der Waals surface area contributed by atoms with E-state index in [2.05, 4.69) is 0 Å². The van der Waals surface area contributed by atoms with Crippen LogP contribution in [-0.4, -0.2) is 49.6 Å². The predicted molar refractivity (Wildman–Crippen MR) is 75.2 cm³/mol. The summed E-state index contributed by atoms with van der Waals surface area (Å²) in [5, 5.41) is 18.5. The monoisotopic (exact) mass is 314 g/mol. The molecule has 116 valence electrons. The molecule has 21 heavy (non-hydrogen) atoms. The van der Waals surface area contributed by atoms with Gasteiger partial charge in [-0.2, -0.15) is 0 Å². The normalized spacial score (nSPS) is 25.9. The van der Waals surface area contributed by atoms with Gasteiger partial charge in [-0.1, -0.05) is 13.0 Å². The van der Waals surface area contributed by atoms with Crippen LogP contribution in [0.15, 0.2) is 18.2 Å². The minimum absolute atomic E-state index is 0.0134. The maximum absolute atomic E-state index is 12.2. The summed E-state index contributed by atoms with van der Waals surface area (Å²) in [4.78, 5) is 0. The van der Waals surface area contributed by atoms with E-state index < -0.39 is 26.4 Å². The van der Waals surface area contributed by atoms with Gasteiger partial charge in [0.2, 0.25) is 6.79 Å². The summed E-state index contributed by atoms with van der Waals surface area (Å²) in [5.41, 5.74) is -0.271. The van der Waals surface area contributed by atoms with Crippen LogP contribution >= 0.6 is 0 Å². The third-order valence-corrected chi connectivity index (χ3v) is 6.83. The van der Waals surface area contributed by atoms with E-state index in [4.69, 9.17) is 9.47 Å². The van der Waals surface area contributed by atoms with Gasteiger partial charge in [0.05, 0.1) is 18.5 Å². The molecule has 1 saturated carbocycles. The molecule has 0 radical (unpaired) electrons. The van der Waals surface area contributed by atoms with Gasteiger partial charge in [-0.3, -0.25) is 0 Å². The highest BCUT2D eigenvalue weighted by molar-refractivity contribution is 7.92. The number of aliphatic hydroxyl groups excluding tert-OH is 2. The third-order valence-electron chi connectivity index (χ3n) is 4.51. The number of hydrogen-bond acceptors (Lipinski definition) is 6. The molecule has 2 atom stereocenters. The average Bonchev–Trinajstić information content (AvgIpc) is 2.98. The van der Waals surface area contributed by atoms with Gasteiger partial charge in [-0.15, -0.1) is 0 Å². The summed E-state index contributed by atoms with van der Waals surface area (Å²) in [6.45, 7) is 0.980. The number of aliphatic hydroxyl groups is 2. The Morgan fingerprint density at radius 3 is 2.52 bits per heavy atom. The molecule has 1 aliphatic carbocycles. The van der Waals surface area contributed by atoms with E-state index in [1.807, 2.05) is 0 Å².